The molecule has 0 aromatic heterocycles. The van der Waals surface area contributed by atoms with Gasteiger partial charge in [0.2, 0.25) is 0 Å². The lowest BCUT2D eigenvalue weighted by Crippen LogP contribution is -2.10. The summed E-state index contributed by atoms with van der Waals surface area (Å²) < 4.78 is 0. The maximum absolute atomic E-state index is 2.36. The SMILES string of the molecule is C(=C(\Cc1ccc(-c2ccc(N(c3ccccc3)c3cccc4ccccc34)cc2)cc1)c1ccccc1)/c1cccc2ccccc12. The molecule has 1 nitrogen and oxygen atoms in total. The van der Waals surface area contributed by atoms with Gasteiger partial charge >= 0.3 is 0 Å². The number of benzene rings is 8. The van der Waals surface area contributed by atoms with Crippen LogP contribution in [0.2, 0.25) is 0 Å². The van der Waals surface area contributed by atoms with E-state index in [1.807, 2.05) is 0 Å². The summed E-state index contributed by atoms with van der Waals surface area (Å²) in [4.78, 5) is 2.35. The topological polar surface area (TPSA) is 3.24 Å². The van der Waals surface area contributed by atoms with Crippen molar-refractivity contribution in [3.8, 4) is 11.1 Å². The highest BCUT2D eigenvalue weighted by atomic mass is 15.1. The fraction of sp³-hybridized carbons (Fsp3) is 0.0213. The van der Waals surface area contributed by atoms with Crippen molar-refractivity contribution in [3.05, 3.63) is 211 Å². The van der Waals surface area contributed by atoms with Gasteiger partial charge < -0.3 is 4.90 Å². The fourth-order valence-electron chi connectivity index (χ4n) is 6.70. The second-order valence-electron chi connectivity index (χ2n) is 12.2. The average Bonchev–Trinajstić information content (AvgIpc) is 3.16. The largest absolute Gasteiger partial charge is 0.310 e. The van der Waals surface area contributed by atoms with E-state index in [1.54, 1.807) is 0 Å². The minimum Gasteiger partial charge on any atom is -0.310 e. The summed E-state index contributed by atoms with van der Waals surface area (Å²) in [6.45, 7) is 0. The van der Waals surface area contributed by atoms with Crippen molar-refractivity contribution in [2.24, 2.45) is 0 Å². The Morgan fingerprint density at radius 3 is 1.65 bits per heavy atom. The minimum atomic E-state index is 0.851. The van der Waals surface area contributed by atoms with Crippen molar-refractivity contribution in [2.45, 2.75) is 6.42 Å². The van der Waals surface area contributed by atoms with Crippen molar-refractivity contribution in [2.75, 3.05) is 4.90 Å². The summed E-state index contributed by atoms with van der Waals surface area (Å²) in [5.74, 6) is 0. The van der Waals surface area contributed by atoms with Crippen molar-refractivity contribution in [1.29, 1.82) is 0 Å². The zero-order valence-corrected chi connectivity index (χ0v) is 26.7. The average molecular weight is 614 g/mol. The van der Waals surface area contributed by atoms with Crippen LogP contribution in [0.25, 0.3) is 44.3 Å². The van der Waals surface area contributed by atoms with Gasteiger partial charge in [-0.2, -0.15) is 0 Å². The number of hydrogen-bond acceptors (Lipinski definition) is 1. The summed E-state index contributed by atoms with van der Waals surface area (Å²) in [6, 6.07) is 69.7. The molecule has 0 bridgehead atoms. The van der Waals surface area contributed by atoms with E-state index in [-0.39, 0.29) is 0 Å². The third-order valence-electron chi connectivity index (χ3n) is 9.13. The van der Waals surface area contributed by atoms with E-state index in [0.717, 1.165) is 17.8 Å². The molecule has 0 N–H and O–H groups in total. The van der Waals surface area contributed by atoms with Gasteiger partial charge in [0.15, 0.2) is 0 Å². The Bertz CT molecular complexity index is 2320. The molecule has 0 saturated carbocycles. The highest BCUT2D eigenvalue weighted by Crippen LogP contribution is 2.39. The van der Waals surface area contributed by atoms with Gasteiger partial charge in [-0.25, -0.2) is 0 Å². The number of nitrogens with zero attached hydrogens (tertiary/aromatic N) is 1. The third-order valence-corrected chi connectivity index (χ3v) is 9.13. The van der Waals surface area contributed by atoms with E-state index in [2.05, 4.69) is 205 Å². The Kier molecular flexibility index (Phi) is 8.09. The highest BCUT2D eigenvalue weighted by Gasteiger charge is 2.15. The first-order valence-electron chi connectivity index (χ1n) is 16.6. The van der Waals surface area contributed by atoms with E-state index >= 15 is 0 Å². The van der Waals surface area contributed by atoms with E-state index in [4.69, 9.17) is 0 Å². The minimum absolute atomic E-state index is 0.851. The lowest BCUT2D eigenvalue weighted by molar-refractivity contribution is 1.28. The first-order valence-corrected chi connectivity index (χ1v) is 16.6. The van der Waals surface area contributed by atoms with Crippen LogP contribution in [-0.4, -0.2) is 0 Å². The van der Waals surface area contributed by atoms with Gasteiger partial charge in [0, 0.05) is 16.8 Å². The van der Waals surface area contributed by atoms with Gasteiger partial charge in [-0.3, -0.25) is 0 Å². The molecule has 0 saturated heterocycles. The lowest BCUT2D eigenvalue weighted by Gasteiger charge is -2.27. The number of rotatable bonds is 8. The van der Waals surface area contributed by atoms with Gasteiger partial charge in [-0.15, -0.1) is 0 Å². The van der Waals surface area contributed by atoms with Crippen molar-refractivity contribution < 1.29 is 0 Å². The van der Waals surface area contributed by atoms with Crippen LogP contribution in [0.15, 0.2) is 194 Å². The predicted octanol–water partition coefficient (Wildman–Crippen LogP) is 12.9. The van der Waals surface area contributed by atoms with E-state index in [0.29, 0.717) is 0 Å². The molecule has 0 unspecified atom stereocenters. The normalized spacial score (nSPS) is 11.5. The zero-order chi connectivity index (χ0) is 32.1. The second-order valence-corrected chi connectivity index (χ2v) is 12.2. The van der Waals surface area contributed by atoms with E-state index in [1.165, 1.54) is 60.6 Å². The smallest absolute Gasteiger partial charge is 0.0540 e. The van der Waals surface area contributed by atoms with Gasteiger partial charge in [-0.1, -0.05) is 170 Å². The molecule has 8 rings (SSSR count). The lowest BCUT2D eigenvalue weighted by atomic mass is 9.93. The molecule has 0 fully saturated rings. The molecule has 0 spiro atoms. The number of fused-ring (bicyclic) bond motifs is 2. The monoisotopic (exact) mass is 613 g/mol. The van der Waals surface area contributed by atoms with Crippen molar-refractivity contribution in [3.63, 3.8) is 0 Å². The molecule has 1 heteroatoms. The number of hydrogen-bond donors (Lipinski definition) is 0. The number of para-hydroxylation sites is 1. The van der Waals surface area contributed by atoms with Crippen molar-refractivity contribution >= 4 is 50.3 Å². The van der Waals surface area contributed by atoms with Crippen LogP contribution in [0, 0.1) is 0 Å². The summed E-state index contributed by atoms with van der Waals surface area (Å²) >= 11 is 0. The van der Waals surface area contributed by atoms with Gasteiger partial charge in [-0.05, 0) is 86.3 Å². The van der Waals surface area contributed by atoms with Gasteiger partial charge in [0.25, 0.3) is 0 Å². The predicted molar refractivity (Wildman–Crippen MR) is 206 cm³/mol. The standard InChI is InChI=1S/C47H35N/c1-3-13-36(14-4-1)42(34-41-19-11-17-39-15-7-9-22-45(39)41)33-35-25-27-37(28-26-35)38-29-31-44(32-30-38)48(43-20-5-2-6-21-43)47-24-12-18-40-16-8-10-23-46(40)47/h1-32,34H,33H2/b42-34-. The molecule has 0 heterocycles. The Balaban J connectivity index is 1.09. The molecule has 0 radical (unpaired) electrons. The summed E-state index contributed by atoms with van der Waals surface area (Å²) in [5, 5.41) is 5.00. The second kappa shape index (κ2) is 13.3. The van der Waals surface area contributed by atoms with Gasteiger partial charge in [0.05, 0.1) is 5.69 Å². The van der Waals surface area contributed by atoms with Crippen LogP contribution < -0.4 is 4.90 Å². The summed E-state index contributed by atoms with van der Waals surface area (Å²) in [7, 11) is 0. The maximum atomic E-state index is 2.36. The molecular weight excluding hydrogens is 579 g/mol. The van der Waals surface area contributed by atoms with Crippen LogP contribution in [0.1, 0.15) is 16.7 Å². The van der Waals surface area contributed by atoms with Crippen molar-refractivity contribution in [1.82, 2.24) is 0 Å². The molecule has 0 amide bonds. The van der Waals surface area contributed by atoms with Crippen LogP contribution in [0.3, 0.4) is 0 Å². The number of allylic oxidation sites excluding steroid dienone is 1. The fourth-order valence-corrected chi connectivity index (χ4v) is 6.70. The quantitative estimate of drug-likeness (QED) is 0.154. The Morgan fingerprint density at radius 2 is 0.938 bits per heavy atom. The molecule has 0 atom stereocenters. The summed E-state index contributed by atoms with van der Waals surface area (Å²) in [5.41, 5.74) is 10.9. The van der Waals surface area contributed by atoms with Crippen LogP contribution >= 0.6 is 0 Å². The Hall–Kier alpha value is -6.18. The van der Waals surface area contributed by atoms with E-state index < -0.39 is 0 Å². The molecular formula is C47H35N. The van der Waals surface area contributed by atoms with Crippen LogP contribution in [-0.2, 0) is 6.42 Å². The zero-order valence-electron chi connectivity index (χ0n) is 26.7. The van der Waals surface area contributed by atoms with Crippen LogP contribution in [0.5, 0.6) is 0 Å². The first-order chi connectivity index (χ1) is 23.8. The number of anilines is 3. The molecule has 0 aliphatic carbocycles. The molecule has 48 heavy (non-hydrogen) atoms. The molecule has 8 aromatic carbocycles. The summed E-state index contributed by atoms with van der Waals surface area (Å²) in [6.07, 6.45) is 3.21. The molecule has 8 aromatic rings. The van der Waals surface area contributed by atoms with Crippen LogP contribution in [0.4, 0.5) is 17.1 Å². The molecule has 0 aliphatic rings. The van der Waals surface area contributed by atoms with E-state index in [9.17, 15) is 0 Å². The maximum Gasteiger partial charge on any atom is 0.0540 e. The van der Waals surface area contributed by atoms with Gasteiger partial charge in [0.1, 0.15) is 0 Å². The Labute approximate surface area is 282 Å². The highest BCUT2D eigenvalue weighted by molar-refractivity contribution is 5.99. The molecule has 0 aliphatic heterocycles. The Morgan fingerprint density at radius 1 is 0.417 bits per heavy atom. The first kappa shape index (κ1) is 29.2. The molecule has 228 valence electrons. The third kappa shape index (κ3) is 6.02.